The number of aromatic nitrogens is 3. The third-order valence-electron chi connectivity index (χ3n) is 3.93. The Balaban J connectivity index is 2.01. The Kier molecular flexibility index (Phi) is 1.41. The molecule has 20 heavy (non-hydrogen) atoms. The Morgan fingerprint density at radius 3 is 3.20 bits per heavy atom. The number of thiophene rings is 1. The molecule has 1 aliphatic rings. The second kappa shape index (κ2) is 3.46. The molecule has 0 spiro atoms. The van der Waals surface area contributed by atoms with E-state index >= 15 is 0 Å². The lowest BCUT2D eigenvalue weighted by Crippen LogP contribution is -2.30. The minimum absolute atomic E-state index is 0.623. The molecule has 0 unspecified atom stereocenters. The van der Waals surface area contributed by atoms with E-state index in [4.69, 9.17) is 4.11 Å². The van der Waals surface area contributed by atoms with Crippen LogP contribution in [-0.4, -0.2) is 9.55 Å². The summed E-state index contributed by atoms with van der Waals surface area (Å²) in [6, 6.07) is 11.8. The molecule has 4 aromatic rings. The number of hydrogen-bond donors (Lipinski definition) is 0. The lowest BCUT2D eigenvalue weighted by Gasteiger charge is -1.94. The van der Waals surface area contributed by atoms with Crippen LogP contribution in [0.5, 0.6) is 0 Å². The minimum atomic E-state index is -2.24. The number of pyridine rings is 1. The molecule has 3 nitrogen and oxygen atoms in total. The van der Waals surface area contributed by atoms with Gasteiger partial charge >= 0.3 is 0 Å². The first kappa shape index (κ1) is 8.17. The highest BCUT2D eigenvalue weighted by Crippen LogP contribution is 2.37. The SMILES string of the molecule is [2H]C([2H])([2H])n1c2[n+](c3sc4ccccc4c31)Cc1ncccc1-2. The van der Waals surface area contributed by atoms with Gasteiger partial charge in [-0.25, -0.2) is 9.13 Å². The first-order valence-electron chi connectivity index (χ1n) is 7.96. The van der Waals surface area contributed by atoms with Crippen LogP contribution < -0.4 is 4.57 Å². The van der Waals surface area contributed by atoms with E-state index in [9.17, 15) is 0 Å². The van der Waals surface area contributed by atoms with Crippen molar-refractivity contribution in [2.75, 3.05) is 0 Å². The van der Waals surface area contributed by atoms with Gasteiger partial charge < -0.3 is 0 Å². The van der Waals surface area contributed by atoms with Crippen LogP contribution in [0.4, 0.5) is 0 Å². The first-order chi connectivity index (χ1) is 11.1. The van der Waals surface area contributed by atoms with Crippen LogP contribution in [0.2, 0.25) is 0 Å². The highest BCUT2D eigenvalue weighted by Gasteiger charge is 2.35. The highest BCUT2D eigenvalue weighted by atomic mass is 32.1. The molecule has 0 bridgehead atoms. The summed E-state index contributed by atoms with van der Waals surface area (Å²) in [6.45, 7) is -1.61. The fourth-order valence-electron chi connectivity index (χ4n) is 3.07. The van der Waals surface area contributed by atoms with Gasteiger partial charge in [0, 0.05) is 16.3 Å². The van der Waals surface area contributed by atoms with Crippen molar-refractivity contribution < 1.29 is 8.68 Å². The minimum Gasteiger partial charge on any atom is -0.256 e. The average molecular weight is 281 g/mol. The molecular weight excluding hydrogens is 266 g/mol. The van der Waals surface area contributed by atoms with Crippen LogP contribution >= 0.6 is 11.3 Å². The van der Waals surface area contributed by atoms with Gasteiger partial charge in [-0.2, -0.15) is 0 Å². The van der Waals surface area contributed by atoms with E-state index in [1.165, 1.54) is 4.57 Å². The van der Waals surface area contributed by atoms with Gasteiger partial charge in [0.25, 0.3) is 5.82 Å². The summed E-state index contributed by atoms with van der Waals surface area (Å²) in [4.78, 5) is 5.41. The van der Waals surface area contributed by atoms with E-state index in [-0.39, 0.29) is 0 Å². The van der Waals surface area contributed by atoms with Crippen LogP contribution in [0.25, 0.3) is 31.8 Å². The zero-order valence-electron chi connectivity index (χ0n) is 13.5. The summed E-state index contributed by atoms with van der Waals surface area (Å²) in [6.07, 6.45) is 1.76. The van der Waals surface area contributed by atoms with Crippen molar-refractivity contribution in [3.63, 3.8) is 0 Å². The van der Waals surface area contributed by atoms with E-state index in [2.05, 4.69) is 9.55 Å². The molecule has 0 saturated heterocycles. The molecule has 5 rings (SSSR count). The predicted octanol–water partition coefficient (Wildman–Crippen LogP) is 3.10. The molecule has 0 radical (unpaired) electrons. The highest BCUT2D eigenvalue weighted by molar-refractivity contribution is 7.25. The Hall–Kier alpha value is -2.20. The molecule has 0 aliphatic carbocycles. The van der Waals surface area contributed by atoms with E-state index < -0.39 is 6.98 Å². The number of nitrogens with zero attached hydrogens (tertiary/aromatic N) is 3. The quantitative estimate of drug-likeness (QED) is 0.400. The van der Waals surface area contributed by atoms with Crippen molar-refractivity contribution in [3.05, 3.63) is 48.3 Å². The van der Waals surface area contributed by atoms with Crippen LogP contribution in [0.3, 0.4) is 0 Å². The number of rotatable bonds is 0. The molecule has 1 aliphatic heterocycles. The van der Waals surface area contributed by atoms with Crippen LogP contribution in [0, 0.1) is 0 Å². The predicted molar refractivity (Wildman–Crippen MR) is 80.8 cm³/mol. The molecule has 3 aromatic heterocycles. The molecule has 4 heteroatoms. The summed E-state index contributed by atoms with van der Waals surface area (Å²) >= 11 is 1.64. The van der Waals surface area contributed by atoms with E-state index in [0.29, 0.717) is 6.54 Å². The van der Waals surface area contributed by atoms with Crippen molar-refractivity contribution in [2.24, 2.45) is 6.98 Å². The van der Waals surface area contributed by atoms with Gasteiger partial charge in [-0.3, -0.25) is 4.98 Å². The van der Waals surface area contributed by atoms with E-state index in [0.717, 1.165) is 37.5 Å². The molecule has 0 N–H and O–H groups in total. The number of aryl methyl sites for hydroxylation is 1. The van der Waals surface area contributed by atoms with Gasteiger partial charge in [0.1, 0.15) is 6.54 Å². The smallest absolute Gasteiger partial charge is 0.256 e. The summed E-state index contributed by atoms with van der Waals surface area (Å²) in [5, 5.41) is 0.996. The molecule has 0 fully saturated rings. The zero-order valence-corrected chi connectivity index (χ0v) is 11.3. The van der Waals surface area contributed by atoms with Gasteiger partial charge in [-0.05, 0) is 24.3 Å². The van der Waals surface area contributed by atoms with Crippen molar-refractivity contribution in [1.82, 2.24) is 9.55 Å². The van der Waals surface area contributed by atoms with Crippen molar-refractivity contribution in [2.45, 2.75) is 6.54 Å². The van der Waals surface area contributed by atoms with Gasteiger partial charge in [-0.1, -0.05) is 23.5 Å². The molecule has 1 aromatic carbocycles. The van der Waals surface area contributed by atoms with Crippen molar-refractivity contribution >= 4 is 31.8 Å². The van der Waals surface area contributed by atoms with Gasteiger partial charge in [0.2, 0.25) is 4.83 Å². The molecular formula is C16H12N3S+. The maximum absolute atomic E-state index is 8.06. The molecule has 0 atom stereocenters. The maximum Gasteiger partial charge on any atom is 0.292 e. The Bertz CT molecular complexity index is 1090. The lowest BCUT2D eigenvalue weighted by molar-refractivity contribution is -0.644. The van der Waals surface area contributed by atoms with Gasteiger partial charge in [0.05, 0.1) is 22.3 Å². The summed E-state index contributed by atoms with van der Waals surface area (Å²) in [7, 11) is 0. The van der Waals surface area contributed by atoms with E-state index in [1.807, 2.05) is 36.4 Å². The monoisotopic (exact) mass is 281 g/mol. The second-order valence-corrected chi connectivity index (χ2v) is 6.03. The van der Waals surface area contributed by atoms with Crippen LogP contribution in [0.15, 0.2) is 42.6 Å². The fraction of sp³-hybridized carbons (Fsp3) is 0.125. The fourth-order valence-corrected chi connectivity index (χ4v) is 4.26. The Morgan fingerprint density at radius 2 is 2.25 bits per heavy atom. The number of hydrogen-bond acceptors (Lipinski definition) is 2. The molecule has 4 heterocycles. The van der Waals surface area contributed by atoms with Crippen molar-refractivity contribution in [3.8, 4) is 11.4 Å². The zero-order chi connectivity index (χ0) is 15.8. The van der Waals surface area contributed by atoms with Crippen LogP contribution in [0.1, 0.15) is 9.81 Å². The standard InChI is InChI=1S/C16H12N3S/c1-18-14-11-5-2-3-7-13(11)20-16(14)19-9-12-10(15(18)19)6-4-8-17-12/h2-8H,9H2,1H3/q+1/i1D3. The Labute approximate surface area is 123 Å². The third-order valence-corrected chi connectivity index (χ3v) is 5.11. The van der Waals surface area contributed by atoms with Gasteiger partial charge in [0.15, 0.2) is 5.52 Å². The molecule has 0 saturated carbocycles. The topological polar surface area (TPSA) is 21.7 Å². The maximum atomic E-state index is 8.06. The second-order valence-electron chi connectivity index (χ2n) is 4.99. The largest absolute Gasteiger partial charge is 0.292 e. The third kappa shape index (κ3) is 1.11. The molecule has 0 amide bonds. The van der Waals surface area contributed by atoms with Crippen molar-refractivity contribution in [1.29, 1.82) is 0 Å². The normalized spacial score (nSPS) is 15.9. The van der Waals surface area contributed by atoms with Crippen LogP contribution in [-0.2, 0) is 13.5 Å². The average Bonchev–Trinajstić information content (AvgIpc) is 3.13. The summed E-state index contributed by atoms with van der Waals surface area (Å²) in [5.41, 5.74) is 2.64. The Morgan fingerprint density at radius 1 is 1.30 bits per heavy atom. The molecule has 96 valence electrons. The number of fused-ring (bicyclic) bond motifs is 7. The summed E-state index contributed by atoms with van der Waals surface area (Å²) < 4.78 is 28.9. The van der Waals surface area contributed by atoms with E-state index in [1.54, 1.807) is 17.5 Å². The number of benzene rings is 1. The summed E-state index contributed by atoms with van der Waals surface area (Å²) in [5.74, 6) is 0.736. The number of imidazole rings is 1. The van der Waals surface area contributed by atoms with Gasteiger partial charge in [-0.15, -0.1) is 0 Å². The lowest BCUT2D eigenvalue weighted by atomic mass is 10.2. The first-order valence-corrected chi connectivity index (χ1v) is 7.28.